The average Bonchev–Trinajstić information content (AvgIpc) is 3.18. The Balaban J connectivity index is 1.72. The van der Waals surface area contributed by atoms with E-state index in [2.05, 4.69) is 20.7 Å². The molecule has 2 saturated heterocycles. The highest BCUT2D eigenvalue weighted by Gasteiger charge is 2.76. The maximum atomic E-state index is 14.5. The molecule has 5 rings (SSSR count). The Morgan fingerprint density at radius 2 is 1.89 bits per heavy atom. The van der Waals surface area contributed by atoms with Crippen molar-refractivity contribution >= 4 is 68.9 Å². The number of allylic oxidation sites excluding steroid dienone is 2. The number of carbonyl (C=O) groups is 5. The number of nitrogens with zero attached hydrogens (tertiary/aromatic N) is 2. The maximum Gasteiger partial charge on any atom is 0.423 e. The van der Waals surface area contributed by atoms with E-state index in [1.165, 1.54) is 6.07 Å². The molecule has 190 valence electrons. The highest BCUT2D eigenvalue weighted by atomic mass is 79.9. The van der Waals surface area contributed by atoms with Crippen molar-refractivity contribution in [1.29, 1.82) is 0 Å². The zero-order valence-corrected chi connectivity index (χ0v) is 21.6. The zero-order chi connectivity index (χ0) is 26.3. The molecule has 2 heterocycles. The first-order valence-electron chi connectivity index (χ1n) is 10.9. The van der Waals surface area contributed by atoms with Gasteiger partial charge in [0.25, 0.3) is 11.8 Å². The first-order chi connectivity index (χ1) is 16.9. The first kappa shape index (κ1) is 25.2. The van der Waals surface area contributed by atoms with Crippen LogP contribution in [0, 0.1) is 23.6 Å². The molecule has 1 N–H and O–H groups in total. The third kappa shape index (κ3) is 2.96. The molecule has 3 fully saturated rings. The number of amides is 5. The van der Waals surface area contributed by atoms with Gasteiger partial charge >= 0.3 is 6.09 Å². The lowest BCUT2D eigenvalue weighted by molar-refractivity contribution is -0.140. The Kier molecular flexibility index (Phi) is 5.77. The molecule has 1 saturated carbocycles. The summed E-state index contributed by atoms with van der Waals surface area (Å²) in [5.41, 5.74) is 0.380. The van der Waals surface area contributed by atoms with Gasteiger partial charge in [-0.15, -0.1) is 23.2 Å². The molecule has 0 spiro atoms. The molecule has 6 atom stereocenters. The van der Waals surface area contributed by atoms with Crippen molar-refractivity contribution in [3.8, 4) is 5.75 Å². The van der Waals surface area contributed by atoms with Crippen LogP contribution in [-0.2, 0) is 23.9 Å². The minimum Gasteiger partial charge on any atom is -0.505 e. The Hall–Kier alpha value is -2.50. The van der Waals surface area contributed by atoms with E-state index >= 15 is 0 Å². The van der Waals surface area contributed by atoms with Crippen LogP contribution in [0.15, 0.2) is 29.8 Å². The summed E-state index contributed by atoms with van der Waals surface area (Å²) in [6.45, 7) is 0. The molecule has 9 nitrogen and oxygen atoms in total. The number of likely N-dealkylation sites (tertiary alicyclic amines) is 2. The molecule has 0 aromatic heterocycles. The SMILES string of the molecule is COC(=O)N1C(=O)C2CC=C3C(CC4(Cl)C(=O)N(CBr)C(=O)C4(Cl)C3c3ccc(O)c(F)c3)C2C1=O. The fourth-order valence-electron chi connectivity index (χ4n) is 6.10. The van der Waals surface area contributed by atoms with E-state index in [9.17, 15) is 33.5 Å². The van der Waals surface area contributed by atoms with Gasteiger partial charge in [0.1, 0.15) is 0 Å². The fourth-order valence-corrected chi connectivity index (χ4v) is 7.53. The average molecular weight is 604 g/mol. The van der Waals surface area contributed by atoms with Crippen LogP contribution >= 0.6 is 39.1 Å². The predicted molar refractivity (Wildman–Crippen MR) is 126 cm³/mol. The number of halogens is 4. The molecule has 1 aromatic rings. The number of ether oxygens (including phenoxy) is 1. The number of fused-ring (bicyclic) bond motifs is 4. The zero-order valence-electron chi connectivity index (χ0n) is 18.5. The van der Waals surface area contributed by atoms with E-state index in [4.69, 9.17) is 23.2 Å². The normalized spacial score (nSPS) is 35.4. The molecule has 1 aromatic carbocycles. The number of phenolic OH excluding ortho intramolecular Hbond substituents is 1. The molecule has 36 heavy (non-hydrogen) atoms. The number of imide groups is 4. The summed E-state index contributed by atoms with van der Waals surface area (Å²) in [6.07, 6.45) is 0.281. The molecular formula is C23H18BrCl2FN2O7. The van der Waals surface area contributed by atoms with E-state index < -0.39 is 74.7 Å². The predicted octanol–water partition coefficient (Wildman–Crippen LogP) is 3.01. The van der Waals surface area contributed by atoms with Gasteiger partial charge in [-0.1, -0.05) is 33.6 Å². The van der Waals surface area contributed by atoms with Gasteiger partial charge < -0.3 is 9.84 Å². The van der Waals surface area contributed by atoms with E-state index in [-0.39, 0.29) is 23.9 Å². The van der Waals surface area contributed by atoms with Crippen molar-refractivity contribution in [1.82, 2.24) is 9.80 Å². The number of phenols is 1. The highest BCUT2D eigenvalue weighted by Crippen LogP contribution is 2.65. The molecule has 5 amide bonds. The number of methoxy groups -OCH3 is 1. The number of hydrogen-bond acceptors (Lipinski definition) is 7. The molecule has 13 heteroatoms. The lowest BCUT2D eigenvalue weighted by atomic mass is 9.56. The van der Waals surface area contributed by atoms with E-state index in [0.717, 1.165) is 24.1 Å². The van der Waals surface area contributed by atoms with Crippen LogP contribution in [0.2, 0.25) is 0 Å². The third-order valence-electron chi connectivity index (χ3n) is 7.68. The molecule has 2 aliphatic carbocycles. The number of alkyl halides is 3. The summed E-state index contributed by atoms with van der Waals surface area (Å²) in [7, 11) is 1.04. The van der Waals surface area contributed by atoms with E-state index in [0.29, 0.717) is 10.5 Å². The van der Waals surface area contributed by atoms with Gasteiger partial charge in [0.2, 0.25) is 11.8 Å². The van der Waals surface area contributed by atoms with Gasteiger partial charge in [0.05, 0.1) is 24.4 Å². The van der Waals surface area contributed by atoms with Gasteiger partial charge in [0, 0.05) is 5.92 Å². The largest absolute Gasteiger partial charge is 0.505 e. The highest BCUT2D eigenvalue weighted by molar-refractivity contribution is 9.09. The maximum absolute atomic E-state index is 14.5. The summed E-state index contributed by atoms with van der Waals surface area (Å²) in [5.74, 6) is -8.78. The van der Waals surface area contributed by atoms with Crippen LogP contribution in [0.1, 0.15) is 24.3 Å². The van der Waals surface area contributed by atoms with Crippen molar-refractivity contribution in [3.63, 3.8) is 0 Å². The van der Waals surface area contributed by atoms with Crippen LogP contribution < -0.4 is 0 Å². The summed E-state index contributed by atoms with van der Waals surface area (Å²) in [5, 5.41) is 9.73. The number of aromatic hydroxyl groups is 1. The van der Waals surface area contributed by atoms with Crippen molar-refractivity contribution in [2.24, 2.45) is 17.8 Å². The standard InChI is InChI=1S/C23H18BrCl2FN2O7/c1-36-21(35)29-17(31)11-4-3-10-12(15(11)18(29)32)7-22(25)19(33)28(8-24)20(34)23(22,26)16(10)9-2-5-14(30)13(27)6-9/h2-3,5-6,11-12,15-16,30H,4,7-8H2,1H3. The Morgan fingerprint density at radius 1 is 1.19 bits per heavy atom. The van der Waals surface area contributed by atoms with Gasteiger partial charge in [0.15, 0.2) is 21.3 Å². The number of rotatable bonds is 2. The minimum absolute atomic E-state index is 0.0399. The van der Waals surface area contributed by atoms with Gasteiger partial charge in [-0.2, -0.15) is 4.90 Å². The topological polar surface area (TPSA) is 121 Å². The minimum atomic E-state index is -2.09. The number of hydrogen-bond donors (Lipinski definition) is 1. The van der Waals surface area contributed by atoms with Crippen molar-refractivity contribution in [3.05, 3.63) is 41.2 Å². The van der Waals surface area contributed by atoms with Gasteiger partial charge in [-0.25, -0.2) is 9.18 Å². The van der Waals surface area contributed by atoms with Crippen LogP contribution in [0.5, 0.6) is 5.75 Å². The number of benzene rings is 1. The fraction of sp³-hybridized carbons (Fsp3) is 0.435. The summed E-state index contributed by atoms with van der Waals surface area (Å²) in [6, 6.07) is 3.44. The van der Waals surface area contributed by atoms with Crippen molar-refractivity contribution in [2.45, 2.75) is 28.5 Å². The molecule has 0 radical (unpaired) electrons. The van der Waals surface area contributed by atoms with Crippen LogP contribution in [0.4, 0.5) is 9.18 Å². The second-order valence-corrected chi connectivity index (χ2v) is 10.9. The molecule has 0 bridgehead atoms. The van der Waals surface area contributed by atoms with Gasteiger partial charge in [-0.3, -0.25) is 24.1 Å². The van der Waals surface area contributed by atoms with E-state index in [1.54, 1.807) is 6.08 Å². The summed E-state index contributed by atoms with van der Waals surface area (Å²) < 4.78 is 19.1. The van der Waals surface area contributed by atoms with Crippen LogP contribution in [-0.4, -0.2) is 66.9 Å². The van der Waals surface area contributed by atoms with Crippen molar-refractivity contribution in [2.75, 3.05) is 12.6 Å². The lowest BCUT2D eigenvalue weighted by Gasteiger charge is -2.50. The smallest absolute Gasteiger partial charge is 0.423 e. The molecular weight excluding hydrogens is 586 g/mol. The number of carbonyl (C=O) groups excluding carboxylic acids is 5. The second kappa shape index (κ2) is 8.26. The van der Waals surface area contributed by atoms with E-state index in [1.807, 2.05) is 0 Å². The van der Waals surface area contributed by atoms with Crippen molar-refractivity contribution < 1.29 is 38.2 Å². The quantitative estimate of drug-likeness (QED) is 0.239. The second-order valence-electron chi connectivity index (χ2n) is 9.18. The Morgan fingerprint density at radius 3 is 2.50 bits per heavy atom. The monoisotopic (exact) mass is 602 g/mol. The Labute approximate surface area is 222 Å². The van der Waals surface area contributed by atoms with Crippen LogP contribution in [0.25, 0.3) is 0 Å². The molecule has 6 unspecified atom stereocenters. The van der Waals surface area contributed by atoms with Gasteiger partial charge in [-0.05, 0) is 36.5 Å². The summed E-state index contributed by atoms with van der Waals surface area (Å²) >= 11 is 17.1. The first-order valence-corrected chi connectivity index (χ1v) is 12.8. The third-order valence-corrected chi connectivity index (χ3v) is 9.59. The molecule has 2 aliphatic heterocycles. The molecule has 4 aliphatic rings. The lowest BCUT2D eigenvalue weighted by Crippen LogP contribution is -2.60. The summed E-state index contributed by atoms with van der Waals surface area (Å²) in [4.78, 5) is 62.6. The Bertz CT molecular complexity index is 1290. The van der Waals surface area contributed by atoms with Crippen LogP contribution in [0.3, 0.4) is 0 Å².